The summed E-state index contributed by atoms with van der Waals surface area (Å²) in [6.07, 6.45) is 5.27. The highest BCUT2D eigenvalue weighted by atomic mass is 19.3. The van der Waals surface area contributed by atoms with E-state index in [-0.39, 0.29) is 17.8 Å². The van der Waals surface area contributed by atoms with Gasteiger partial charge in [0.25, 0.3) is 5.92 Å². The Hall–Kier alpha value is -0.140. The van der Waals surface area contributed by atoms with Crippen LogP contribution >= 0.6 is 0 Å². The third-order valence-corrected chi connectivity index (χ3v) is 3.59. The second-order valence-electron chi connectivity index (χ2n) is 5.03. The molecule has 0 N–H and O–H groups in total. The van der Waals surface area contributed by atoms with Crippen LogP contribution in [0, 0.1) is 11.3 Å². The predicted octanol–water partition coefficient (Wildman–Crippen LogP) is 4.64. The van der Waals surface area contributed by atoms with E-state index in [0.29, 0.717) is 0 Å². The quantitative estimate of drug-likeness (QED) is 0.591. The molecule has 0 saturated heterocycles. The molecule has 0 aromatic carbocycles. The highest BCUT2D eigenvalue weighted by Crippen LogP contribution is 2.61. The molecule has 0 aromatic heterocycles. The van der Waals surface area contributed by atoms with Crippen molar-refractivity contribution >= 4 is 0 Å². The number of hydrogen-bond acceptors (Lipinski definition) is 0. The summed E-state index contributed by atoms with van der Waals surface area (Å²) in [6.45, 7) is 6.26. The highest BCUT2D eigenvalue weighted by Gasteiger charge is 2.63. The van der Waals surface area contributed by atoms with E-state index in [2.05, 4.69) is 20.8 Å². The molecule has 0 bridgehead atoms. The summed E-state index contributed by atoms with van der Waals surface area (Å²) in [6, 6.07) is 0. The van der Waals surface area contributed by atoms with Gasteiger partial charge in [0.1, 0.15) is 0 Å². The van der Waals surface area contributed by atoms with Gasteiger partial charge in [0.15, 0.2) is 0 Å². The third kappa shape index (κ3) is 2.46. The fourth-order valence-electron chi connectivity index (χ4n) is 2.59. The van der Waals surface area contributed by atoms with Gasteiger partial charge in [-0.2, -0.15) is 0 Å². The van der Waals surface area contributed by atoms with Crippen molar-refractivity contribution in [2.45, 2.75) is 65.2 Å². The van der Waals surface area contributed by atoms with Crippen molar-refractivity contribution in [3.05, 3.63) is 0 Å². The number of unbranched alkanes of at least 4 members (excludes halogenated alkanes) is 1. The molecule has 1 rings (SSSR count). The van der Waals surface area contributed by atoms with E-state index >= 15 is 0 Å². The van der Waals surface area contributed by atoms with Gasteiger partial charge in [-0.05, 0) is 18.3 Å². The van der Waals surface area contributed by atoms with Crippen LogP contribution in [-0.2, 0) is 0 Å². The van der Waals surface area contributed by atoms with Gasteiger partial charge in [-0.25, -0.2) is 8.78 Å². The van der Waals surface area contributed by atoms with E-state index < -0.39 is 5.92 Å². The summed E-state index contributed by atoms with van der Waals surface area (Å²) in [4.78, 5) is 0. The molecule has 2 unspecified atom stereocenters. The Morgan fingerprint density at radius 3 is 2.14 bits per heavy atom. The van der Waals surface area contributed by atoms with Crippen molar-refractivity contribution in [2.24, 2.45) is 11.3 Å². The molecule has 1 saturated carbocycles. The van der Waals surface area contributed by atoms with E-state index in [1.165, 1.54) is 0 Å². The molecule has 1 aliphatic rings. The van der Waals surface area contributed by atoms with Crippen molar-refractivity contribution in [2.75, 3.05) is 0 Å². The Balaban J connectivity index is 2.53. The minimum atomic E-state index is -2.35. The minimum Gasteiger partial charge on any atom is -0.207 e. The summed E-state index contributed by atoms with van der Waals surface area (Å²) >= 11 is 0. The maximum absolute atomic E-state index is 13.0. The van der Waals surface area contributed by atoms with Gasteiger partial charge in [-0.1, -0.05) is 40.0 Å². The first-order chi connectivity index (χ1) is 6.46. The van der Waals surface area contributed by atoms with Crippen molar-refractivity contribution in [1.29, 1.82) is 0 Å². The smallest absolute Gasteiger partial charge is 0.207 e. The van der Waals surface area contributed by atoms with Crippen molar-refractivity contribution in [1.82, 2.24) is 0 Å². The number of rotatable bonds is 6. The van der Waals surface area contributed by atoms with E-state index in [1.807, 2.05) is 0 Å². The average Bonchev–Trinajstić information content (AvgIpc) is 2.73. The van der Waals surface area contributed by atoms with E-state index in [0.717, 1.165) is 32.1 Å². The maximum atomic E-state index is 13.0. The summed E-state index contributed by atoms with van der Waals surface area (Å²) in [5.41, 5.74) is -0.103. The molecular weight excluding hydrogens is 182 g/mol. The Kier molecular flexibility index (Phi) is 3.54. The number of alkyl halides is 2. The molecule has 0 amide bonds. The lowest BCUT2D eigenvalue weighted by Crippen LogP contribution is -2.22. The Labute approximate surface area is 86.1 Å². The van der Waals surface area contributed by atoms with Gasteiger partial charge in [0, 0.05) is 12.3 Å². The van der Waals surface area contributed by atoms with Gasteiger partial charge in [-0.3, -0.25) is 0 Å². The second kappa shape index (κ2) is 4.16. The van der Waals surface area contributed by atoms with Crippen molar-refractivity contribution in [3.8, 4) is 0 Å². The van der Waals surface area contributed by atoms with E-state index in [1.54, 1.807) is 0 Å². The highest BCUT2D eigenvalue weighted by molar-refractivity contribution is 5.04. The predicted molar refractivity (Wildman–Crippen MR) is 55.6 cm³/mol. The Morgan fingerprint density at radius 1 is 1.21 bits per heavy atom. The lowest BCUT2D eigenvalue weighted by molar-refractivity contribution is 0.0525. The van der Waals surface area contributed by atoms with Crippen LogP contribution in [0.1, 0.15) is 59.3 Å². The lowest BCUT2D eigenvalue weighted by Gasteiger charge is -2.29. The largest absolute Gasteiger partial charge is 0.252 e. The van der Waals surface area contributed by atoms with Gasteiger partial charge in [-0.15, -0.1) is 0 Å². The molecule has 84 valence electrons. The van der Waals surface area contributed by atoms with Crippen molar-refractivity contribution < 1.29 is 8.78 Å². The van der Waals surface area contributed by atoms with Crippen molar-refractivity contribution in [3.63, 3.8) is 0 Å². The zero-order chi connectivity index (χ0) is 10.8. The first-order valence-corrected chi connectivity index (χ1v) is 5.84. The molecular formula is C12H22F2. The van der Waals surface area contributed by atoms with Gasteiger partial charge >= 0.3 is 0 Å². The average molecular weight is 204 g/mol. The van der Waals surface area contributed by atoms with Gasteiger partial charge in [0.05, 0.1) is 0 Å². The monoisotopic (exact) mass is 204 g/mol. The topological polar surface area (TPSA) is 0 Å². The molecule has 14 heavy (non-hydrogen) atoms. The first-order valence-electron chi connectivity index (χ1n) is 5.84. The molecule has 2 atom stereocenters. The van der Waals surface area contributed by atoms with Crippen LogP contribution in [-0.4, -0.2) is 5.92 Å². The minimum absolute atomic E-state index is 0.103. The van der Waals surface area contributed by atoms with Crippen LogP contribution in [0.25, 0.3) is 0 Å². The zero-order valence-electron chi connectivity index (χ0n) is 9.58. The van der Waals surface area contributed by atoms with E-state index in [4.69, 9.17) is 0 Å². The molecule has 0 nitrogen and oxygen atoms in total. The maximum Gasteiger partial charge on any atom is 0.252 e. The Morgan fingerprint density at radius 2 is 1.79 bits per heavy atom. The molecule has 2 heteroatoms. The molecule has 0 spiro atoms. The molecule has 0 heterocycles. The lowest BCUT2D eigenvalue weighted by atomic mass is 9.76. The number of halogens is 2. The zero-order valence-corrected chi connectivity index (χ0v) is 9.58. The van der Waals surface area contributed by atoms with E-state index in [9.17, 15) is 8.78 Å². The van der Waals surface area contributed by atoms with Crippen LogP contribution in [0.3, 0.4) is 0 Å². The normalized spacial score (nSPS) is 28.5. The molecule has 0 radical (unpaired) electrons. The molecule has 1 aliphatic carbocycles. The Bertz CT molecular complexity index is 189. The fourth-order valence-corrected chi connectivity index (χ4v) is 2.59. The van der Waals surface area contributed by atoms with Crippen LogP contribution in [0.4, 0.5) is 8.78 Å². The summed E-state index contributed by atoms with van der Waals surface area (Å²) in [7, 11) is 0. The second-order valence-corrected chi connectivity index (χ2v) is 5.03. The fraction of sp³-hybridized carbons (Fsp3) is 1.00. The number of hydrogen-bond donors (Lipinski definition) is 0. The summed E-state index contributed by atoms with van der Waals surface area (Å²) in [5.74, 6) is -2.68. The SMILES string of the molecule is CCCCC(C)(CCC)C1CC1(F)F. The third-order valence-electron chi connectivity index (χ3n) is 3.59. The first kappa shape index (κ1) is 11.9. The van der Waals surface area contributed by atoms with Crippen LogP contribution < -0.4 is 0 Å². The van der Waals surface area contributed by atoms with Gasteiger partial charge < -0.3 is 0 Å². The summed E-state index contributed by atoms with van der Waals surface area (Å²) < 4.78 is 26.1. The standard InChI is InChI=1S/C12H22F2/c1-4-6-8-11(3,7-5-2)10-9-12(10,13)14/h10H,4-9H2,1-3H3. The van der Waals surface area contributed by atoms with Crippen LogP contribution in [0.5, 0.6) is 0 Å². The van der Waals surface area contributed by atoms with Crippen LogP contribution in [0.2, 0.25) is 0 Å². The molecule has 1 fully saturated rings. The molecule has 0 aliphatic heterocycles. The summed E-state index contributed by atoms with van der Waals surface area (Å²) in [5, 5.41) is 0. The van der Waals surface area contributed by atoms with Crippen LogP contribution in [0.15, 0.2) is 0 Å². The molecule has 0 aromatic rings. The van der Waals surface area contributed by atoms with Gasteiger partial charge in [0.2, 0.25) is 0 Å².